The molecule has 0 radical (unpaired) electrons. The highest BCUT2D eigenvalue weighted by Gasteiger charge is 2.48. The van der Waals surface area contributed by atoms with Gasteiger partial charge in [-0.1, -0.05) is 6.07 Å². The maximum absolute atomic E-state index is 13.3. The first-order valence-electron chi connectivity index (χ1n) is 8.93. The summed E-state index contributed by atoms with van der Waals surface area (Å²) in [5.74, 6) is 0.233. The Morgan fingerprint density at radius 2 is 2.11 bits per heavy atom. The van der Waals surface area contributed by atoms with E-state index in [0.29, 0.717) is 24.3 Å². The van der Waals surface area contributed by atoms with E-state index in [0.717, 1.165) is 36.1 Å². The van der Waals surface area contributed by atoms with Crippen molar-refractivity contribution in [1.29, 1.82) is 0 Å². The largest absolute Gasteiger partial charge is 0.495 e. The number of anilines is 1. The number of carbonyl (C=O) groups is 2. The van der Waals surface area contributed by atoms with Crippen LogP contribution >= 0.6 is 0 Å². The van der Waals surface area contributed by atoms with Crippen LogP contribution in [0.3, 0.4) is 0 Å². The summed E-state index contributed by atoms with van der Waals surface area (Å²) in [5.41, 5.74) is 4.60. The highest BCUT2D eigenvalue weighted by Crippen LogP contribution is 2.45. The molecule has 2 aliphatic rings. The third-order valence-electron chi connectivity index (χ3n) is 5.73. The molecule has 0 saturated carbocycles. The molecular weight excluding hydrogens is 346 g/mol. The number of aromatic nitrogens is 1. The molecule has 1 aromatic carbocycles. The Labute approximate surface area is 156 Å². The van der Waals surface area contributed by atoms with Gasteiger partial charge in [0, 0.05) is 18.2 Å². The molecule has 2 heterocycles. The Hall–Kier alpha value is -2.93. The fraction of sp³-hybridized carbons (Fsp3) is 0.350. The fourth-order valence-electron chi connectivity index (χ4n) is 4.19. The molecule has 2 amide bonds. The molecule has 1 saturated heterocycles. The van der Waals surface area contributed by atoms with Crippen LogP contribution in [-0.4, -0.2) is 35.7 Å². The van der Waals surface area contributed by atoms with Crippen LogP contribution in [0.5, 0.6) is 5.75 Å². The van der Waals surface area contributed by atoms with Gasteiger partial charge < -0.3 is 9.64 Å². The summed E-state index contributed by atoms with van der Waals surface area (Å²) >= 11 is 0. The van der Waals surface area contributed by atoms with Gasteiger partial charge in [-0.25, -0.2) is 5.48 Å². The van der Waals surface area contributed by atoms with Gasteiger partial charge in [0.15, 0.2) is 0 Å². The number of benzene rings is 1. The molecule has 4 rings (SSSR count). The van der Waals surface area contributed by atoms with Crippen LogP contribution < -0.4 is 15.1 Å². The summed E-state index contributed by atoms with van der Waals surface area (Å²) in [6, 6.07) is 7.22. The molecule has 1 atom stereocenters. The van der Waals surface area contributed by atoms with E-state index >= 15 is 0 Å². The number of fused-ring (bicyclic) bond motifs is 1. The number of ether oxygens (including phenoxy) is 1. The minimum Gasteiger partial charge on any atom is -0.495 e. The van der Waals surface area contributed by atoms with Gasteiger partial charge in [-0.2, -0.15) is 0 Å². The molecule has 7 heteroatoms. The highest BCUT2D eigenvalue weighted by atomic mass is 16.5. The van der Waals surface area contributed by atoms with Crippen LogP contribution in [0, 0.1) is 5.41 Å². The van der Waals surface area contributed by atoms with E-state index < -0.39 is 11.3 Å². The van der Waals surface area contributed by atoms with E-state index in [1.165, 1.54) is 0 Å². The first-order chi connectivity index (χ1) is 13.1. The molecule has 7 nitrogen and oxygen atoms in total. The number of pyridine rings is 1. The van der Waals surface area contributed by atoms with E-state index in [1.807, 2.05) is 12.1 Å². The highest BCUT2D eigenvalue weighted by molar-refractivity contribution is 6.00. The molecule has 1 aliphatic carbocycles. The molecule has 1 fully saturated rings. The summed E-state index contributed by atoms with van der Waals surface area (Å²) in [7, 11) is 1.58. The monoisotopic (exact) mass is 367 g/mol. The number of hydrogen-bond donors (Lipinski definition) is 2. The molecular formula is C20H21N3O4. The van der Waals surface area contributed by atoms with Gasteiger partial charge in [0.05, 0.1) is 30.6 Å². The number of nitrogens with zero attached hydrogens (tertiary/aromatic N) is 2. The lowest BCUT2D eigenvalue weighted by atomic mass is 9.70. The lowest BCUT2D eigenvalue weighted by molar-refractivity contribution is -0.126. The lowest BCUT2D eigenvalue weighted by Crippen LogP contribution is -2.38. The Kier molecular flexibility index (Phi) is 4.31. The first kappa shape index (κ1) is 17.5. The van der Waals surface area contributed by atoms with Crippen molar-refractivity contribution in [2.24, 2.45) is 5.41 Å². The zero-order chi connectivity index (χ0) is 19.0. The van der Waals surface area contributed by atoms with E-state index in [2.05, 4.69) is 4.98 Å². The molecule has 2 N–H and O–H groups in total. The molecule has 2 aromatic rings. The van der Waals surface area contributed by atoms with Gasteiger partial charge in [-0.3, -0.25) is 19.8 Å². The third-order valence-corrected chi connectivity index (χ3v) is 5.73. The number of amides is 2. The van der Waals surface area contributed by atoms with E-state index in [4.69, 9.17) is 9.94 Å². The average molecular weight is 367 g/mol. The Morgan fingerprint density at radius 3 is 2.89 bits per heavy atom. The Morgan fingerprint density at radius 1 is 1.26 bits per heavy atom. The minimum atomic E-state index is -0.522. The van der Waals surface area contributed by atoms with Crippen LogP contribution in [0.25, 0.3) is 0 Å². The van der Waals surface area contributed by atoms with Gasteiger partial charge in [-0.15, -0.1) is 0 Å². The van der Waals surface area contributed by atoms with Crippen molar-refractivity contribution in [3.8, 4) is 5.75 Å². The molecule has 1 aromatic heterocycles. The summed E-state index contributed by atoms with van der Waals surface area (Å²) in [5, 5.41) is 8.81. The van der Waals surface area contributed by atoms with E-state index in [9.17, 15) is 9.59 Å². The van der Waals surface area contributed by atoms with Crippen molar-refractivity contribution in [2.75, 3.05) is 18.6 Å². The first-order valence-corrected chi connectivity index (χ1v) is 8.93. The molecule has 1 aliphatic heterocycles. The SMILES string of the molecule is COc1cncc(N2CC[C@]3(CCc4cc(C(=O)NO)ccc4C3)C2=O)c1. The third kappa shape index (κ3) is 2.94. The van der Waals surface area contributed by atoms with Crippen molar-refractivity contribution in [3.05, 3.63) is 53.3 Å². The second kappa shape index (κ2) is 6.66. The van der Waals surface area contributed by atoms with Crippen molar-refractivity contribution >= 4 is 17.5 Å². The number of hydroxylamine groups is 1. The predicted octanol–water partition coefficient (Wildman–Crippen LogP) is 2.12. The van der Waals surface area contributed by atoms with E-state index in [-0.39, 0.29) is 5.91 Å². The quantitative estimate of drug-likeness (QED) is 0.640. The molecule has 1 spiro atoms. The molecule has 0 bridgehead atoms. The van der Waals surface area contributed by atoms with Gasteiger partial charge in [0.25, 0.3) is 5.91 Å². The fourth-order valence-corrected chi connectivity index (χ4v) is 4.19. The normalized spacial score (nSPS) is 21.3. The molecule has 140 valence electrons. The zero-order valence-electron chi connectivity index (χ0n) is 15.1. The summed E-state index contributed by atoms with van der Waals surface area (Å²) in [6.07, 6.45) is 6.25. The topological polar surface area (TPSA) is 91.8 Å². The Balaban J connectivity index is 1.59. The number of carbonyl (C=O) groups excluding carboxylic acids is 2. The summed E-state index contributed by atoms with van der Waals surface area (Å²) in [4.78, 5) is 30.8. The summed E-state index contributed by atoms with van der Waals surface area (Å²) in [6.45, 7) is 0.661. The zero-order valence-corrected chi connectivity index (χ0v) is 15.1. The standard InChI is InChI=1S/C20H21N3O4/c1-27-17-9-16(11-21-12-17)23-7-6-20(19(23)25)5-4-13-8-14(18(24)22-26)2-3-15(13)10-20/h2-3,8-9,11-12,26H,4-7,10H2,1H3,(H,22,24)/t20-/m0/s1. The lowest BCUT2D eigenvalue weighted by Gasteiger charge is -2.33. The number of nitrogens with one attached hydrogen (secondary N) is 1. The second-order valence-electron chi connectivity index (χ2n) is 7.17. The maximum Gasteiger partial charge on any atom is 0.274 e. The number of rotatable bonds is 3. The van der Waals surface area contributed by atoms with Crippen molar-refractivity contribution < 1.29 is 19.5 Å². The van der Waals surface area contributed by atoms with Crippen molar-refractivity contribution in [2.45, 2.75) is 25.7 Å². The number of hydrogen-bond acceptors (Lipinski definition) is 5. The smallest absolute Gasteiger partial charge is 0.274 e. The van der Waals surface area contributed by atoms with Crippen LogP contribution in [0.2, 0.25) is 0 Å². The van der Waals surface area contributed by atoms with E-state index in [1.54, 1.807) is 42.0 Å². The van der Waals surface area contributed by atoms with Gasteiger partial charge in [-0.05, 0) is 48.9 Å². The van der Waals surface area contributed by atoms with Crippen molar-refractivity contribution in [3.63, 3.8) is 0 Å². The van der Waals surface area contributed by atoms with Crippen molar-refractivity contribution in [1.82, 2.24) is 10.5 Å². The molecule has 27 heavy (non-hydrogen) atoms. The summed E-state index contributed by atoms with van der Waals surface area (Å²) < 4.78 is 5.22. The predicted molar refractivity (Wildman–Crippen MR) is 97.9 cm³/mol. The average Bonchev–Trinajstić information content (AvgIpc) is 3.02. The van der Waals surface area contributed by atoms with Crippen LogP contribution in [-0.2, 0) is 17.6 Å². The van der Waals surface area contributed by atoms with Gasteiger partial charge in [0.1, 0.15) is 5.75 Å². The number of aryl methyl sites for hydroxylation is 1. The van der Waals surface area contributed by atoms with Crippen LogP contribution in [0.1, 0.15) is 34.3 Å². The Bertz CT molecular complexity index is 914. The van der Waals surface area contributed by atoms with Gasteiger partial charge in [0.2, 0.25) is 5.91 Å². The van der Waals surface area contributed by atoms with Crippen LogP contribution in [0.15, 0.2) is 36.7 Å². The molecule has 0 unspecified atom stereocenters. The van der Waals surface area contributed by atoms with Crippen LogP contribution in [0.4, 0.5) is 5.69 Å². The maximum atomic E-state index is 13.3. The van der Waals surface area contributed by atoms with Gasteiger partial charge >= 0.3 is 0 Å². The number of methoxy groups -OCH3 is 1. The second-order valence-corrected chi connectivity index (χ2v) is 7.17. The minimum absolute atomic E-state index is 0.125.